The molecule has 2 aromatic rings. The summed E-state index contributed by atoms with van der Waals surface area (Å²) < 4.78 is 82.3. The highest BCUT2D eigenvalue weighted by Crippen LogP contribution is 2.46. The van der Waals surface area contributed by atoms with Crippen molar-refractivity contribution < 1.29 is 40.6 Å². The number of fused-ring (bicyclic) bond motifs is 2. The number of rotatable bonds is 2. The Kier molecular flexibility index (Phi) is 4.64. The number of aliphatic hydroxyl groups excluding tert-OH is 1. The van der Waals surface area contributed by atoms with E-state index < -0.39 is 49.7 Å². The van der Waals surface area contributed by atoms with Crippen LogP contribution in [0.3, 0.4) is 0 Å². The highest BCUT2D eigenvalue weighted by atomic mass is 32.2. The first-order valence-corrected chi connectivity index (χ1v) is 10.6. The van der Waals surface area contributed by atoms with E-state index in [0.29, 0.717) is 5.56 Å². The second kappa shape index (κ2) is 6.67. The molecule has 2 unspecified atom stereocenters. The van der Waals surface area contributed by atoms with Crippen molar-refractivity contribution in [3.63, 3.8) is 0 Å². The Balaban J connectivity index is 1.86. The number of carbonyl (C=O) groups is 1. The maximum absolute atomic E-state index is 13.6. The molecular formula is C20H17F4NO5S. The molecule has 4 rings (SSSR count). The Morgan fingerprint density at radius 2 is 1.84 bits per heavy atom. The third kappa shape index (κ3) is 3.26. The molecule has 31 heavy (non-hydrogen) atoms. The van der Waals surface area contributed by atoms with E-state index in [4.69, 9.17) is 4.74 Å². The summed E-state index contributed by atoms with van der Waals surface area (Å²) >= 11 is 0. The van der Waals surface area contributed by atoms with Crippen molar-refractivity contribution in [2.24, 2.45) is 0 Å². The summed E-state index contributed by atoms with van der Waals surface area (Å²) in [5.41, 5.74) is -6.32. The maximum Gasteiger partial charge on any atom is 0.501 e. The molecule has 0 fully saturated rings. The Morgan fingerprint density at radius 1 is 1.16 bits per heavy atom. The van der Waals surface area contributed by atoms with Gasteiger partial charge in [0.2, 0.25) is 0 Å². The smallest absolute Gasteiger partial charge is 0.485 e. The van der Waals surface area contributed by atoms with Gasteiger partial charge >= 0.3 is 5.51 Å². The number of ether oxygens (including phenoxy) is 1. The zero-order valence-electron chi connectivity index (χ0n) is 16.3. The molecule has 6 nitrogen and oxygen atoms in total. The van der Waals surface area contributed by atoms with Crippen LogP contribution in [0.15, 0.2) is 41.3 Å². The third-order valence-electron chi connectivity index (χ3n) is 5.54. The average Bonchev–Trinajstić information content (AvgIpc) is 2.97. The molecule has 0 aromatic heterocycles. The molecule has 1 amide bonds. The summed E-state index contributed by atoms with van der Waals surface area (Å²) in [7, 11) is -5.67. The number of amides is 1. The molecule has 2 heterocycles. The minimum atomic E-state index is -5.67. The number of benzene rings is 2. The van der Waals surface area contributed by atoms with Gasteiger partial charge in [-0.2, -0.15) is 13.2 Å². The van der Waals surface area contributed by atoms with Crippen LogP contribution in [0, 0.1) is 5.82 Å². The van der Waals surface area contributed by atoms with Crippen LogP contribution in [-0.4, -0.2) is 41.5 Å². The number of alkyl halides is 3. The van der Waals surface area contributed by atoms with Gasteiger partial charge in [0.15, 0.2) is 0 Å². The number of hydrogen-bond donors (Lipinski definition) is 1. The van der Waals surface area contributed by atoms with Gasteiger partial charge in [0.1, 0.15) is 23.3 Å². The predicted octanol–water partition coefficient (Wildman–Crippen LogP) is 3.35. The van der Waals surface area contributed by atoms with Gasteiger partial charge in [0, 0.05) is 17.7 Å². The first-order valence-electron chi connectivity index (χ1n) is 9.16. The zero-order chi connectivity index (χ0) is 22.9. The molecule has 166 valence electrons. The van der Waals surface area contributed by atoms with Crippen LogP contribution in [0.4, 0.5) is 17.6 Å². The van der Waals surface area contributed by atoms with Crippen molar-refractivity contribution in [2.75, 3.05) is 0 Å². The number of hydrogen-bond acceptors (Lipinski definition) is 5. The molecule has 0 spiro atoms. The quantitative estimate of drug-likeness (QED) is 0.697. The van der Waals surface area contributed by atoms with Crippen molar-refractivity contribution in [3.05, 3.63) is 58.9 Å². The number of halogens is 4. The highest BCUT2D eigenvalue weighted by Gasteiger charge is 2.51. The second-order valence-corrected chi connectivity index (χ2v) is 9.92. The molecule has 2 aliphatic heterocycles. The maximum atomic E-state index is 13.6. The van der Waals surface area contributed by atoms with Gasteiger partial charge < -0.3 is 14.7 Å². The van der Waals surface area contributed by atoms with E-state index in [1.165, 1.54) is 30.9 Å². The van der Waals surface area contributed by atoms with Gasteiger partial charge in [-0.1, -0.05) is 6.07 Å². The summed E-state index contributed by atoms with van der Waals surface area (Å²) in [6.07, 6.45) is -1.41. The fraction of sp³-hybridized carbons (Fsp3) is 0.350. The highest BCUT2D eigenvalue weighted by molar-refractivity contribution is 7.92. The molecule has 11 heteroatoms. The number of nitrogens with zero attached hydrogens (tertiary/aromatic N) is 1. The fourth-order valence-electron chi connectivity index (χ4n) is 3.90. The van der Waals surface area contributed by atoms with Crippen molar-refractivity contribution in [1.82, 2.24) is 4.90 Å². The van der Waals surface area contributed by atoms with Gasteiger partial charge in [0.25, 0.3) is 15.7 Å². The first kappa shape index (κ1) is 21.6. The zero-order valence-corrected chi connectivity index (χ0v) is 17.1. The van der Waals surface area contributed by atoms with Crippen LogP contribution in [-0.2, 0) is 16.4 Å². The molecular weight excluding hydrogens is 442 g/mol. The summed E-state index contributed by atoms with van der Waals surface area (Å²) in [4.78, 5) is 13.1. The summed E-state index contributed by atoms with van der Waals surface area (Å²) in [6.45, 7) is 3.02. The van der Waals surface area contributed by atoms with Gasteiger partial charge in [0.05, 0.1) is 10.9 Å². The number of aliphatic hydroxyl groups is 1. The Morgan fingerprint density at radius 3 is 2.48 bits per heavy atom. The van der Waals surface area contributed by atoms with Crippen molar-refractivity contribution in [1.29, 1.82) is 0 Å². The summed E-state index contributed by atoms with van der Waals surface area (Å²) in [6, 6.07) is 5.00. The van der Waals surface area contributed by atoms with E-state index in [-0.39, 0.29) is 23.4 Å². The lowest BCUT2D eigenvalue weighted by Crippen LogP contribution is -2.53. The van der Waals surface area contributed by atoms with E-state index in [9.17, 15) is 35.9 Å². The monoisotopic (exact) mass is 459 g/mol. The molecule has 0 saturated carbocycles. The van der Waals surface area contributed by atoms with E-state index in [1.54, 1.807) is 0 Å². The minimum absolute atomic E-state index is 0.0383. The molecule has 0 bridgehead atoms. The molecule has 0 radical (unpaired) electrons. The predicted molar refractivity (Wildman–Crippen MR) is 99.4 cm³/mol. The van der Waals surface area contributed by atoms with Crippen LogP contribution in [0.25, 0.3) is 0 Å². The normalized spacial score (nSPS) is 22.7. The molecule has 2 aromatic carbocycles. The fourth-order valence-corrected chi connectivity index (χ4v) is 4.70. The molecule has 2 atom stereocenters. The van der Waals surface area contributed by atoms with E-state index in [0.717, 1.165) is 24.3 Å². The Labute approximate surface area is 175 Å². The third-order valence-corrected chi connectivity index (χ3v) is 7.02. The van der Waals surface area contributed by atoms with E-state index in [2.05, 4.69) is 0 Å². The summed E-state index contributed by atoms with van der Waals surface area (Å²) in [5, 5.41) is 10.9. The van der Waals surface area contributed by atoms with Crippen LogP contribution in [0.2, 0.25) is 0 Å². The molecule has 0 saturated heterocycles. The SMILES string of the molecule is CC1(C)Oc2ccc(S(=O)(=O)C(F)(F)F)cc2C(N2Cc3ccc(F)cc3C2=O)C1O. The van der Waals surface area contributed by atoms with Crippen molar-refractivity contribution >= 4 is 15.7 Å². The minimum Gasteiger partial charge on any atom is -0.485 e. The van der Waals surface area contributed by atoms with Crippen LogP contribution < -0.4 is 4.74 Å². The first-order chi connectivity index (χ1) is 14.2. The van der Waals surface area contributed by atoms with E-state index >= 15 is 0 Å². The molecule has 1 N–H and O–H groups in total. The molecule has 2 aliphatic rings. The van der Waals surface area contributed by atoms with Gasteiger partial charge in [-0.05, 0) is 49.7 Å². The topological polar surface area (TPSA) is 83.9 Å². The standard InChI is InChI=1S/C20H17F4NO5S/c1-19(2)17(26)16(25-9-10-3-4-11(21)7-13(10)18(25)27)14-8-12(5-6-15(14)30-19)31(28,29)20(22,23)24/h3-8,16-17,26H,9H2,1-2H3. The second-order valence-electron chi connectivity index (χ2n) is 7.98. The van der Waals surface area contributed by atoms with Crippen LogP contribution >= 0.6 is 0 Å². The van der Waals surface area contributed by atoms with Crippen molar-refractivity contribution in [2.45, 2.75) is 48.5 Å². The van der Waals surface area contributed by atoms with Crippen LogP contribution in [0.1, 0.15) is 41.4 Å². The van der Waals surface area contributed by atoms with Gasteiger partial charge in [-0.25, -0.2) is 12.8 Å². The number of sulfone groups is 1. The Bertz CT molecular complexity index is 1190. The largest absolute Gasteiger partial charge is 0.501 e. The number of carbonyl (C=O) groups excluding carboxylic acids is 1. The lowest BCUT2D eigenvalue weighted by Gasteiger charge is -2.45. The van der Waals surface area contributed by atoms with Gasteiger partial charge in [-0.3, -0.25) is 4.79 Å². The Hall–Kier alpha value is -2.66. The average molecular weight is 459 g/mol. The van der Waals surface area contributed by atoms with E-state index in [1.807, 2.05) is 0 Å². The molecule has 0 aliphatic carbocycles. The summed E-state index contributed by atoms with van der Waals surface area (Å²) in [5.74, 6) is -1.23. The van der Waals surface area contributed by atoms with Crippen LogP contribution in [0.5, 0.6) is 5.75 Å². The van der Waals surface area contributed by atoms with Gasteiger partial charge in [-0.15, -0.1) is 0 Å². The van der Waals surface area contributed by atoms with Crippen molar-refractivity contribution in [3.8, 4) is 5.75 Å². The lowest BCUT2D eigenvalue weighted by molar-refractivity contribution is -0.0869. The lowest BCUT2D eigenvalue weighted by atomic mass is 9.85.